The van der Waals surface area contributed by atoms with E-state index in [-0.39, 0.29) is 22.5 Å². The summed E-state index contributed by atoms with van der Waals surface area (Å²) in [4.78, 5) is 10.1. The molecule has 1 aromatic rings. The summed E-state index contributed by atoms with van der Waals surface area (Å²) in [6.07, 6.45) is 1.59. The highest BCUT2D eigenvalue weighted by atomic mass is 32.2. The zero-order chi connectivity index (χ0) is 15.6. The average molecular weight is 313 g/mol. The van der Waals surface area contributed by atoms with Gasteiger partial charge in [-0.15, -0.1) is 0 Å². The molecule has 0 saturated carbocycles. The molecule has 0 spiro atoms. The molecule has 2 N–H and O–H groups in total. The van der Waals surface area contributed by atoms with E-state index in [1.54, 1.807) is 0 Å². The smallest absolute Gasteiger partial charge is 0.289 e. The number of para-hydroxylation sites is 1. The third-order valence-corrected chi connectivity index (χ3v) is 5.93. The second kappa shape index (κ2) is 6.08. The molecule has 1 saturated heterocycles. The van der Waals surface area contributed by atoms with Crippen LogP contribution in [-0.4, -0.2) is 36.8 Å². The van der Waals surface area contributed by atoms with Gasteiger partial charge in [0.25, 0.3) is 5.69 Å². The topological polar surface area (TPSA) is 107 Å². The van der Waals surface area contributed by atoms with Crippen molar-refractivity contribution in [2.45, 2.75) is 30.7 Å². The van der Waals surface area contributed by atoms with Gasteiger partial charge >= 0.3 is 0 Å². The van der Waals surface area contributed by atoms with Gasteiger partial charge in [0.15, 0.2) is 4.90 Å². The van der Waals surface area contributed by atoms with E-state index < -0.39 is 14.9 Å². The maximum atomic E-state index is 12.8. The molecule has 1 fully saturated rings. The minimum atomic E-state index is -3.89. The number of nitrogens with zero attached hydrogens (tertiary/aromatic N) is 2. The van der Waals surface area contributed by atoms with Crippen molar-refractivity contribution in [3.8, 4) is 0 Å². The van der Waals surface area contributed by atoms with Crippen LogP contribution in [0, 0.1) is 16.0 Å². The number of piperidine rings is 1. The van der Waals surface area contributed by atoms with Gasteiger partial charge < -0.3 is 5.73 Å². The number of sulfonamides is 1. The largest absolute Gasteiger partial charge is 0.330 e. The quantitative estimate of drug-likeness (QED) is 0.667. The fraction of sp³-hybridized carbons (Fsp3) is 0.538. The Balaban J connectivity index is 2.44. The van der Waals surface area contributed by atoms with Crippen molar-refractivity contribution in [2.75, 3.05) is 13.1 Å². The van der Waals surface area contributed by atoms with Gasteiger partial charge in [-0.3, -0.25) is 10.1 Å². The van der Waals surface area contributed by atoms with E-state index in [0.29, 0.717) is 19.5 Å². The molecule has 1 aromatic carbocycles. The number of nitrogens with two attached hydrogens (primary N) is 1. The Labute approximate surface area is 123 Å². The number of nitro groups is 1. The standard InChI is InChI=1S/C13H19N3O4S/c1-10-6-7-11(8-14)9-15(10)21(19,20)13-5-3-2-4-12(13)16(17)18/h2-5,10-11H,6-9,14H2,1H3. The molecule has 0 bridgehead atoms. The molecule has 2 rings (SSSR count). The molecule has 116 valence electrons. The fourth-order valence-electron chi connectivity index (χ4n) is 2.63. The Morgan fingerprint density at radius 1 is 1.38 bits per heavy atom. The lowest BCUT2D eigenvalue weighted by Crippen LogP contribution is -2.47. The van der Waals surface area contributed by atoms with Crippen LogP contribution in [0.4, 0.5) is 5.69 Å². The maximum Gasteiger partial charge on any atom is 0.289 e. The lowest BCUT2D eigenvalue weighted by molar-refractivity contribution is -0.387. The predicted molar refractivity (Wildman–Crippen MR) is 78.2 cm³/mol. The Morgan fingerprint density at radius 3 is 2.67 bits per heavy atom. The first kappa shape index (κ1) is 15.9. The van der Waals surface area contributed by atoms with Gasteiger partial charge in [0.05, 0.1) is 4.92 Å². The van der Waals surface area contributed by atoms with Gasteiger partial charge in [-0.05, 0) is 38.3 Å². The first-order chi connectivity index (χ1) is 9.87. The first-order valence-electron chi connectivity index (χ1n) is 6.83. The normalized spacial score (nSPS) is 23.9. The van der Waals surface area contributed by atoms with Crippen LogP contribution in [0.1, 0.15) is 19.8 Å². The third-order valence-electron chi connectivity index (χ3n) is 3.90. The van der Waals surface area contributed by atoms with Crippen LogP contribution in [0.3, 0.4) is 0 Å². The molecular formula is C13H19N3O4S. The molecule has 0 radical (unpaired) electrons. The number of hydrogen-bond donors (Lipinski definition) is 1. The van der Waals surface area contributed by atoms with E-state index in [4.69, 9.17) is 5.73 Å². The van der Waals surface area contributed by atoms with Crippen molar-refractivity contribution in [1.29, 1.82) is 0 Å². The van der Waals surface area contributed by atoms with E-state index in [1.165, 1.54) is 28.6 Å². The number of hydrogen-bond acceptors (Lipinski definition) is 5. The van der Waals surface area contributed by atoms with Crippen LogP contribution in [0.15, 0.2) is 29.2 Å². The maximum absolute atomic E-state index is 12.8. The van der Waals surface area contributed by atoms with Gasteiger partial charge in [-0.1, -0.05) is 12.1 Å². The minimum absolute atomic E-state index is 0.0961. The molecule has 0 aromatic heterocycles. The number of benzene rings is 1. The Morgan fingerprint density at radius 2 is 2.05 bits per heavy atom. The second-order valence-electron chi connectivity index (χ2n) is 5.33. The van der Waals surface area contributed by atoms with E-state index in [1.807, 2.05) is 6.92 Å². The number of nitro benzene ring substituents is 1. The SMILES string of the molecule is CC1CCC(CN)CN1S(=O)(=O)c1ccccc1[N+](=O)[O-]. The lowest BCUT2D eigenvalue weighted by atomic mass is 9.96. The molecule has 21 heavy (non-hydrogen) atoms. The van der Waals surface area contributed by atoms with Gasteiger partial charge in [-0.2, -0.15) is 4.31 Å². The van der Waals surface area contributed by atoms with Crippen LogP contribution in [-0.2, 0) is 10.0 Å². The van der Waals surface area contributed by atoms with Crippen molar-refractivity contribution >= 4 is 15.7 Å². The highest BCUT2D eigenvalue weighted by molar-refractivity contribution is 7.89. The summed E-state index contributed by atoms with van der Waals surface area (Å²) in [5.41, 5.74) is 5.25. The van der Waals surface area contributed by atoms with Crippen LogP contribution in [0.5, 0.6) is 0 Å². The summed E-state index contributed by atoms with van der Waals surface area (Å²) in [5.74, 6) is 0.0961. The molecule has 0 aliphatic carbocycles. The highest BCUT2D eigenvalue weighted by Crippen LogP contribution is 2.31. The summed E-state index contributed by atoms with van der Waals surface area (Å²) in [6, 6.07) is 5.26. The summed E-state index contributed by atoms with van der Waals surface area (Å²) < 4.78 is 26.9. The molecular weight excluding hydrogens is 294 g/mol. The van der Waals surface area contributed by atoms with Crippen LogP contribution in [0.25, 0.3) is 0 Å². The van der Waals surface area contributed by atoms with Gasteiger partial charge in [0.2, 0.25) is 10.0 Å². The highest BCUT2D eigenvalue weighted by Gasteiger charge is 2.37. The van der Waals surface area contributed by atoms with Crippen molar-refractivity contribution in [3.63, 3.8) is 0 Å². The van der Waals surface area contributed by atoms with Gasteiger partial charge in [0.1, 0.15) is 0 Å². The van der Waals surface area contributed by atoms with Crippen LogP contribution >= 0.6 is 0 Å². The van der Waals surface area contributed by atoms with E-state index >= 15 is 0 Å². The van der Waals surface area contributed by atoms with Crippen LogP contribution in [0.2, 0.25) is 0 Å². The van der Waals surface area contributed by atoms with E-state index in [0.717, 1.165) is 6.42 Å². The van der Waals surface area contributed by atoms with Crippen molar-refractivity contribution in [2.24, 2.45) is 11.7 Å². The van der Waals surface area contributed by atoms with Gasteiger partial charge in [-0.25, -0.2) is 8.42 Å². The molecule has 2 unspecified atom stereocenters. The monoisotopic (exact) mass is 313 g/mol. The molecule has 1 heterocycles. The molecule has 7 nitrogen and oxygen atoms in total. The fourth-order valence-corrected chi connectivity index (χ4v) is 4.52. The Kier molecular flexibility index (Phi) is 4.60. The predicted octanol–water partition coefficient (Wildman–Crippen LogP) is 1.34. The number of rotatable bonds is 4. The average Bonchev–Trinajstić information content (AvgIpc) is 2.47. The molecule has 2 atom stereocenters. The van der Waals surface area contributed by atoms with Crippen molar-refractivity contribution in [3.05, 3.63) is 34.4 Å². The van der Waals surface area contributed by atoms with E-state index in [9.17, 15) is 18.5 Å². The summed E-state index contributed by atoms with van der Waals surface area (Å²) in [7, 11) is -3.89. The molecule has 1 aliphatic rings. The van der Waals surface area contributed by atoms with Gasteiger partial charge in [0, 0.05) is 18.7 Å². The Bertz CT molecular complexity index is 632. The summed E-state index contributed by atoms with van der Waals surface area (Å²) in [6.45, 7) is 2.54. The zero-order valence-corrected chi connectivity index (χ0v) is 12.6. The first-order valence-corrected chi connectivity index (χ1v) is 8.27. The Hall–Kier alpha value is -1.51. The third kappa shape index (κ3) is 3.07. The molecule has 1 aliphatic heterocycles. The molecule has 0 amide bonds. The lowest BCUT2D eigenvalue weighted by Gasteiger charge is -2.36. The minimum Gasteiger partial charge on any atom is -0.330 e. The zero-order valence-electron chi connectivity index (χ0n) is 11.8. The van der Waals surface area contributed by atoms with Crippen molar-refractivity contribution < 1.29 is 13.3 Å². The summed E-state index contributed by atoms with van der Waals surface area (Å²) >= 11 is 0. The second-order valence-corrected chi connectivity index (χ2v) is 7.19. The van der Waals surface area contributed by atoms with E-state index in [2.05, 4.69) is 0 Å². The van der Waals surface area contributed by atoms with Crippen LogP contribution < -0.4 is 5.73 Å². The van der Waals surface area contributed by atoms with Crippen molar-refractivity contribution in [1.82, 2.24) is 4.31 Å². The molecule has 8 heteroatoms. The summed E-state index contributed by atoms with van der Waals surface area (Å²) in [5, 5.41) is 11.1.